The summed E-state index contributed by atoms with van der Waals surface area (Å²) in [5.74, 6) is -0.639. The second-order valence-electron chi connectivity index (χ2n) is 11.8. The Morgan fingerprint density at radius 1 is 1.02 bits per heavy atom. The van der Waals surface area contributed by atoms with Crippen molar-refractivity contribution in [3.05, 3.63) is 93.4 Å². The SMILES string of the molecule is C[C@H](CC(=O)N(COCc1ccccc1)CC(=O)N1CCc2[nH]n(Cc3ccccc3)c(=O)c2C1)NC(=O)OC(C)(C)C. The number of hydrogen-bond donors (Lipinski definition) is 2. The topological polar surface area (TPSA) is 126 Å². The Balaban J connectivity index is 1.40. The zero-order chi connectivity index (χ0) is 31.0. The fourth-order valence-corrected chi connectivity index (χ4v) is 4.82. The number of hydrogen-bond acceptors (Lipinski definition) is 6. The van der Waals surface area contributed by atoms with Gasteiger partial charge in [0, 0.05) is 31.1 Å². The molecule has 0 spiro atoms. The fourth-order valence-electron chi connectivity index (χ4n) is 4.82. The first-order valence-corrected chi connectivity index (χ1v) is 14.5. The highest BCUT2D eigenvalue weighted by Gasteiger charge is 2.29. The third kappa shape index (κ3) is 9.31. The summed E-state index contributed by atoms with van der Waals surface area (Å²) in [5.41, 5.74) is 2.49. The molecule has 2 heterocycles. The molecule has 11 heteroatoms. The van der Waals surface area contributed by atoms with Crippen molar-refractivity contribution in [3.8, 4) is 0 Å². The number of nitrogens with one attached hydrogen (secondary N) is 2. The van der Waals surface area contributed by atoms with Gasteiger partial charge in [0.05, 0.1) is 25.3 Å². The van der Waals surface area contributed by atoms with Crippen LogP contribution in [-0.2, 0) is 45.2 Å². The van der Waals surface area contributed by atoms with Crippen molar-refractivity contribution in [2.24, 2.45) is 0 Å². The smallest absolute Gasteiger partial charge is 0.407 e. The molecule has 3 aromatic rings. The fraction of sp³-hybridized carbons (Fsp3) is 0.438. The molecule has 1 atom stereocenters. The molecule has 0 aliphatic carbocycles. The summed E-state index contributed by atoms with van der Waals surface area (Å²) in [5, 5.41) is 5.87. The van der Waals surface area contributed by atoms with Gasteiger partial charge >= 0.3 is 6.09 Å². The molecule has 2 aromatic carbocycles. The van der Waals surface area contributed by atoms with Gasteiger partial charge in [-0.05, 0) is 38.8 Å². The molecule has 0 bridgehead atoms. The van der Waals surface area contributed by atoms with Crippen LogP contribution in [0.15, 0.2) is 65.5 Å². The van der Waals surface area contributed by atoms with Gasteiger partial charge in [-0.15, -0.1) is 0 Å². The Labute approximate surface area is 251 Å². The van der Waals surface area contributed by atoms with Crippen LogP contribution in [0.2, 0.25) is 0 Å². The van der Waals surface area contributed by atoms with Gasteiger partial charge in [-0.2, -0.15) is 0 Å². The zero-order valence-electron chi connectivity index (χ0n) is 25.3. The molecule has 0 radical (unpaired) electrons. The van der Waals surface area contributed by atoms with Crippen LogP contribution in [0.25, 0.3) is 0 Å². The van der Waals surface area contributed by atoms with Crippen molar-refractivity contribution >= 4 is 17.9 Å². The molecular formula is C32H41N5O6. The van der Waals surface area contributed by atoms with Gasteiger partial charge in [-0.3, -0.25) is 19.5 Å². The zero-order valence-corrected chi connectivity index (χ0v) is 25.3. The minimum absolute atomic E-state index is 0.0482. The lowest BCUT2D eigenvalue weighted by molar-refractivity contribution is -0.146. The Hall–Kier alpha value is -4.38. The summed E-state index contributed by atoms with van der Waals surface area (Å²) in [6.07, 6.45) is -0.162. The van der Waals surface area contributed by atoms with E-state index in [4.69, 9.17) is 9.47 Å². The summed E-state index contributed by atoms with van der Waals surface area (Å²) < 4.78 is 12.7. The summed E-state index contributed by atoms with van der Waals surface area (Å²) in [6, 6.07) is 18.7. The van der Waals surface area contributed by atoms with E-state index in [2.05, 4.69) is 10.4 Å². The lowest BCUT2D eigenvalue weighted by Gasteiger charge is -2.30. The Kier molecular flexibility index (Phi) is 10.4. The summed E-state index contributed by atoms with van der Waals surface area (Å²) in [4.78, 5) is 55.1. The maximum absolute atomic E-state index is 13.5. The first kappa shape index (κ1) is 31.6. The van der Waals surface area contributed by atoms with Crippen molar-refractivity contribution in [2.45, 2.75) is 71.9 Å². The van der Waals surface area contributed by atoms with Crippen LogP contribution < -0.4 is 10.9 Å². The minimum atomic E-state index is -0.671. The monoisotopic (exact) mass is 591 g/mol. The number of aromatic amines is 1. The average Bonchev–Trinajstić information content (AvgIpc) is 3.26. The standard InChI is InChI=1S/C32H41N5O6/c1-23(33-31(41)43-32(2,3)4)17-28(38)36(22-42-21-25-13-9-6-10-14-25)20-29(39)35-16-15-27-26(19-35)30(40)37(34-27)18-24-11-7-5-8-12-24/h5-14,23,34H,15-22H2,1-4H3,(H,33,41)/t23-/m1/s1. The van der Waals surface area contributed by atoms with Crippen LogP contribution in [0.5, 0.6) is 0 Å². The van der Waals surface area contributed by atoms with Gasteiger partial charge < -0.3 is 24.6 Å². The maximum atomic E-state index is 13.5. The van der Waals surface area contributed by atoms with Crippen LogP contribution in [-0.4, -0.2) is 69.0 Å². The number of benzene rings is 2. The molecule has 0 unspecified atom stereocenters. The van der Waals surface area contributed by atoms with Gasteiger partial charge in [0.2, 0.25) is 11.8 Å². The number of nitrogens with zero attached hydrogens (tertiary/aromatic N) is 3. The predicted molar refractivity (Wildman–Crippen MR) is 161 cm³/mol. The molecule has 230 valence electrons. The van der Waals surface area contributed by atoms with E-state index in [1.54, 1.807) is 37.3 Å². The van der Waals surface area contributed by atoms with Crippen molar-refractivity contribution in [3.63, 3.8) is 0 Å². The summed E-state index contributed by atoms with van der Waals surface area (Å²) in [6.45, 7) is 7.91. The van der Waals surface area contributed by atoms with E-state index >= 15 is 0 Å². The molecule has 0 fully saturated rings. The number of alkyl carbamates (subject to hydrolysis) is 1. The minimum Gasteiger partial charge on any atom is -0.444 e. The second-order valence-corrected chi connectivity index (χ2v) is 11.8. The van der Waals surface area contributed by atoms with Crippen molar-refractivity contribution in [1.82, 2.24) is 24.9 Å². The largest absolute Gasteiger partial charge is 0.444 e. The van der Waals surface area contributed by atoms with E-state index in [9.17, 15) is 19.2 Å². The number of rotatable bonds is 11. The molecule has 0 saturated heterocycles. The second kappa shape index (κ2) is 14.2. The quantitative estimate of drug-likeness (QED) is 0.329. The van der Waals surface area contributed by atoms with Crippen LogP contribution in [0.3, 0.4) is 0 Å². The Bertz CT molecular complexity index is 1440. The van der Waals surface area contributed by atoms with Gasteiger partial charge in [0.25, 0.3) is 5.56 Å². The molecule has 1 aromatic heterocycles. The number of carbonyl (C=O) groups is 3. The lowest BCUT2D eigenvalue weighted by atomic mass is 10.1. The van der Waals surface area contributed by atoms with Crippen molar-refractivity contribution in [2.75, 3.05) is 19.8 Å². The summed E-state index contributed by atoms with van der Waals surface area (Å²) >= 11 is 0. The first-order valence-electron chi connectivity index (χ1n) is 14.5. The van der Waals surface area contributed by atoms with E-state index in [1.807, 2.05) is 60.7 Å². The van der Waals surface area contributed by atoms with E-state index in [0.29, 0.717) is 25.1 Å². The van der Waals surface area contributed by atoms with E-state index < -0.39 is 17.7 Å². The molecule has 2 N–H and O–H groups in total. The third-order valence-corrected chi connectivity index (χ3v) is 6.94. The van der Waals surface area contributed by atoms with E-state index in [1.165, 1.54) is 4.90 Å². The van der Waals surface area contributed by atoms with Gasteiger partial charge in [-0.25, -0.2) is 9.48 Å². The van der Waals surface area contributed by atoms with E-state index in [-0.39, 0.29) is 50.2 Å². The molecule has 0 saturated carbocycles. The number of fused-ring (bicyclic) bond motifs is 1. The molecule has 1 aliphatic heterocycles. The van der Waals surface area contributed by atoms with E-state index in [0.717, 1.165) is 16.8 Å². The molecule has 11 nitrogen and oxygen atoms in total. The molecule has 4 rings (SSSR count). The molecule has 3 amide bonds. The van der Waals surface area contributed by atoms with Crippen LogP contribution >= 0.6 is 0 Å². The normalized spacial score (nSPS) is 13.6. The highest BCUT2D eigenvalue weighted by Crippen LogP contribution is 2.16. The maximum Gasteiger partial charge on any atom is 0.407 e. The first-order chi connectivity index (χ1) is 20.5. The molecule has 1 aliphatic rings. The molecule has 43 heavy (non-hydrogen) atoms. The van der Waals surface area contributed by atoms with Crippen LogP contribution in [0.1, 0.15) is 56.5 Å². The number of amides is 3. The highest BCUT2D eigenvalue weighted by atomic mass is 16.6. The van der Waals surface area contributed by atoms with Gasteiger partial charge in [0.1, 0.15) is 18.9 Å². The average molecular weight is 592 g/mol. The number of aromatic nitrogens is 2. The van der Waals surface area contributed by atoms with Gasteiger partial charge in [-0.1, -0.05) is 60.7 Å². The van der Waals surface area contributed by atoms with Gasteiger partial charge in [0.15, 0.2) is 0 Å². The Morgan fingerprint density at radius 2 is 1.67 bits per heavy atom. The number of H-pyrrole nitrogens is 1. The van der Waals surface area contributed by atoms with Crippen LogP contribution in [0.4, 0.5) is 4.79 Å². The molecular weight excluding hydrogens is 550 g/mol. The third-order valence-electron chi connectivity index (χ3n) is 6.94. The van der Waals surface area contributed by atoms with Crippen molar-refractivity contribution in [1.29, 1.82) is 0 Å². The predicted octanol–water partition coefficient (Wildman–Crippen LogP) is 3.42. The van der Waals surface area contributed by atoms with Crippen LogP contribution in [0, 0.1) is 0 Å². The number of carbonyl (C=O) groups excluding carboxylic acids is 3. The summed E-state index contributed by atoms with van der Waals surface area (Å²) in [7, 11) is 0. The number of ether oxygens (including phenoxy) is 2. The highest BCUT2D eigenvalue weighted by molar-refractivity contribution is 5.85. The lowest BCUT2D eigenvalue weighted by Crippen LogP contribution is -2.47. The Morgan fingerprint density at radius 3 is 2.33 bits per heavy atom. The van der Waals surface area contributed by atoms with Crippen molar-refractivity contribution < 1.29 is 23.9 Å².